The Labute approximate surface area is 99.6 Å². The zero-order valence-electron chi connectivity index (χ0n) is 9.72. The van der Waals surface area contributed by atoms with E-state index in [9.17, 15) is 4.79 Å². The Hall–Kier alpha value is -1.59. The predicted octanol–water partition coefficient (Wildman–Crippen LogP) is 0.649. The van der Waals surface area contributed by atoms with Crippen LogP contribution in [0.4, 0.5) is 5.95 Å². The lowest BCUT2D eigenvalue weighted by Crippen LogP contribution is -2.35. The van der Waals surface area contributed by atoms with Crippen LogP contribution in [0.5, 0.6) is 0 Å². The van der Waals surface area contributed by atoms with Gasteiger partial charge in [-0.05, 0) is 37.5 Å². The van der Waals surface area contributed by atoms with Gasteiger partial charge in [-0.25, -0.2) is 0 Å². The van der Waals surface area contributed by atoms with Crippen LogP contribution in [-0.2, 0) is 0 Å². The number of carbonyl (C=O) groups is 1. The fraction of sp³-hybridized carbons (Fsp3) is 0.727. The third-order valence-corrected chi connectivity index (χ3v) is 3.34. The number of H-pyrrole nitrogens is 1. The van der Waals surface area contributed by atoms with E-state index in [2.05, 4.69) is 15.2 Å². The first kappa shape index (κ1) is 10.6. The molecule has 1 aromatic heterocycles. The molecule has 3 rings (SSSR count). The Bertz CT molecular complexity index is 407. The highest BCUT2D eigenvalue weighted by atomic mass is 16.2. The van der Waals surface area contributed by atoms with E-state index in [4.69, 9.17) is 5.73 Å². The van der Waals surface area contributed by atoms with Gasteiger partial charge in [0.05, 0.1) is 0 Å². The molecule has 0 unspecified atom stereocenters. The summed E-state index contributed by atoms with van der Waals surface area (Å²) in [6, 6.07) is 0. The lowest BCUT2D eigenvalue weighted by Gasteiger charge is -2.21. The first-order valence-electron chi connectivity index (χ1n) is 6.19. The maximum absolute atomic E-state index is 12.2. The van der Waals surface area contributed by atoms with E-state index >= 15 is 0 Å². The van der Waals surface area contributed by atoms with Crippen LogP contribution in [0.15, 0.2) is 0 Å². The number of hydrogen-bond acceptors (Lipinski definition) is 4. The number of nitrogens with one attached hydrogen (secondary N) is 1. The van der Waals surface area contributed by atoms with Crippen molar-refractivity contribution in [2.45, 2.75) is 25.7 Å². The van der Waals surface area contributed by atoms with Crippen LogP contribution < -0.4 is 5.73 Å². The normalized spacial score (nSPS) is 19.3. The first-order valence-corrected chi connectivity index (χ1v) is 6.19. The third-order valence-electron chi connectivity index (χ3n) is 3.34. The number of nitrogen functional groups attached to an aromatic ring is 1. The SMILES string of the molecule is Nc1n[nH]c(C(=O)N(CC2CC2)CC2CC2)n1. The first-order chi connectivity index (χ1) is 8.22. The number of carbonyl (C=O) groups excluding carboxylic acids is 1. The zero-order chi connectivity index (χ0) is 11.8. The van der Waals surface area contributed by atoms with Crippen molar-refractivity contribution in [3.05, 3.63) is 5.82 Å². The Balaban J connectivity index is 1.69. The summed E-state index contributed by atoms with van der Waals surface area (Å²) >= 11 is 0. The fourth-order valence-corrected chi connectivity index (χ4v) is 1.98. The summed E-state index contributed by atoms with van der Waals surface area (Å²) in [6.45, 7) is 1.71. The van der Waals surface area contributed by atoms with Crippen molar-refractivity contribution in [2.24, 2.45) is 11.8 Å². The van der Waals surface area contributed by atoms with E-state index < -0.39 is 0 Å². The van der Waals surface area contributed by atoms with Gasteiger partial charge in [0.1, 0.15) is 0 Å². The van der Waals surface area contributed by atoms with Crippen LogP contribution >= 0.6 is 0 Å². The quantitative estimate of drug-likeness (QED) is 0.784. The molecule has 6 nitrogen and oxygen atoms in total. The summed E-state index contributed by atoms with van der Waals surface area (Å²) in [4.78, 5) is 18.0. The van der Waals surface area contributed by atoms with Gasteiger partial charge in [0.25, 0.3) is 5.91 Å². The van der Waals surface area contributed by atoms with Crippen molar-refractivity contribution in [2.75, 3.05) is 18.8 Å². The monoisotopic (exact) mass is 235 g/mol. The number of nitrogens with two attached hydrogens (primary N) is 1. The van der Waals surface area contributed by atoms with E-state index in [-0.39, 0.29) is 17.7 Å². The lowest BCUT2D eigenvalue weighted by atomic mass is 10.3. The third kappa shape index (κ3) is 2.57. The number of amides is 1. The molecule has 1 heterocycles. The molecule has 6 heteroatoms. The molecule has 0 saturated heterocycles. The standard InChI is InChI=1S/C11H17N5O/c12-11-13-9(14-15-11)10(17)16(5-7-1-2-7)6-8-3-4-8/h7-8H,1-6H2,(H3,12,13,14,15). The van der Waals surface area contributed by atoms with Crippen molar-refractivity contribution in [1.29, 1.82) is 0 Å². The molecule has 2 aliphatic carbocycles. The maximum Gasteiger partial charge on any atom is 0.291 e. The minimum atomic E-state index is -0.0620. The summed E-state index contributed by atoms with van der Waals surface area (Å²) in [5.41, 5.74) is 5.42. The second kappa shape index (κ2) is 4.01. The van der Waals surface area contributed by atoms with Gasteiger partial charge in [0, 0.05) is 13.1 Å². The van der Waals surface area contributed by atoms with Crippen molar-refractivity contribution in [3.63, 3.8) is 0 Å². The molecule has 1 aromatic rings. The molecule has 2 fully saturated rings. The molecule has 0 aromatic carbocycles. The van der Waals surface area contributed by atoms with E-state index in [0.717, 1.165) is 13.1 Å². The molecule has 1 amide bonds. The summed E-state index contributed by atoms with van der Waals surface area (Å²) < 4.78 is 0. The molecule has 17 heavy (non-hydrogen) atoms. The number of aromatic amines is 1. The van der Waals surface area contributed by atoms with Crippen LogP contribution in [0.25, 0.3) is 0 Å². The minimum absolute atomic E-state index is 0.0620. The predicted molar refractivity (Wildman–Crippen MR) is 62.1 cm³/mol. The van der Waals surface area contributed by atoms with Crippen LogP contribution in [0.3, 0.4) is 0 Å². The van der Waals surface area contributed by atoms with Crippen molar-refractivity contribution in [3.8, 4) is 0 Å². The number of hydrogen-bond donors (Lipinski definition) is 2. The van der Waals surface area contributed by atoms with Crippen LogP contribution in [0.2, 0.25) is 0 Å². The average molecular weight is 235 g/mol. The van der Waals surface area contributed by atoms with Gasteiger partial charge in [-0.1, -0.05) is 0 Å². The Kier molecular flexibility index (Phi) is 2.49. The van der Waals surface area contributed by atoms with Crippen LogP contribution in [0, 0.1) is 11.8 Å². The molecular weight excluding hydrogens is 218 g/mol. The highest BCUT2D eigenvalue weighted by Gasteiger charge is 2.32. The molecule has 2 saturated carbocycles. The molecule has 0 radical (unpaired) electrons. The fourth-order valence-electron chi connectivity index (χ4n) is 1.98. The highest BCUT2D eigenvalue weighted by Crippen LogP contribution is 2.34. The number of nitrogens with zero attached hydrogens (tertiary/aromatic N) is 3. The molecule has 0 aliphatic heterocycles. The second-order valence-corrected chi connectivity index (χ2v) is 5.14. The number of anilines is 1. The van der Waals surface area contributed by atoms with Gasteiger partial charge in [0.2, 0.25) is 11.8 Å². The lowest BCUT2D eigenvalue weighted by molar-refractivity contribution is 0.0728. The minimum Gasteiger partial charge on any atom is -0.366 e. The summed E-state index contributed by atoms with van der Waals surface area (Å²) in [5, 5.41) is 6.30. The Morgan fingerprint density at radius 3 is 2.29 bits per heavy atom. The van der Waals surface area contributed by atoms with E-state index in [0.29, 0.717) is 11.8 Å². The summed E-state index contributed by atoms with van der Waals surface area (Å²) in [5.74, 6) is 1.72. The largest absolute Gasteiger partial charge is 0.366 e. The van der Waals surface area contributed by atoms with E-state index in [1.165, 1.54) is 25.7 Å². The smallest absolute Gasteiger partial charge is 0.291 e. The van der Waals surface area contributed by atoms with Gasteiger partial charge >= 0.3 is 0 Å². The molecule has 0 spiro atoms. The van der Waals surface area contributed by atoms with Gasteiger partial charge in [-0.15, -0.1) is 5.10 Å². The van der Waals surface area contributed by atoms with Gasteiger partial charge in [-0.3, -0.25) is 9.89 Å². The average Bonchev–Trinajstić information content (AvgIpc) is 3.21. The number of aromatic nitrogens is 3. The molecule has 0 bridgehead atoms. The van der Waals surface area contributed by atoms with Crippen molar-refractivity contribution >= 4 is 11.9 Å². The molecular formula is C11H17N5O. The van der Waals surface area contributed by atoms with Crippen molar-refractivity contribution in [1.82, 2.24) is 20.1 Å². The van der Waals surface area contributed by atoms with Crippen LogP contribution in [0.1, 0.15) is 36.3 Å². The molecule has 92 valence electrons. The van der Waals surface area contributed by atoms with Crippen LogP contribution in [-0.4, -0.2) is 39.1 Å². The summed E-state index contributed by atoms with van der Waals surface area (Å²) in [7, 11) is 0. The Morgan fingerprint density at radius 2 is 1.88 bits per heavy atom. The maximum atomic E-state index is 12.2. The van der Waals surface area contributed by atoms with E-state index in [1.807, 2.05) is 4.90 Å². The van der Waals surface area contributed by atoms with Gasteiger partial charge in [0.15, 0.2) is 0 Å². The van der Waals surface area contributed by atoms with Gasteiger partial charge < -0.3 is 10.6 Å². The molecule has 0 atom stereocenters. The second-order valence-electron chi connectivity index (χ2n) is 5.14. The van der Waals surface area contributed by atoms with Gasteiger partial charge in [-0.2, -0.15) is 4.98 Å². The Morgan fingerprint density at radius 1 is 1.29 bits per heavy atom. The summed E-state index contributed by atoms with van der Waals surface area (Å²) in [6.07, 6.45) is 4.97. The number of rotatable bonds is 5. The topological polar surface area (TPSA) is 87.9 Å². The molecule has 3 N–H and O–H groups in total. The zero-order valence-corrected chi connectivity index (χ0v) is 9.72. The van der Waals surface area contributed by atoms with E-state index in [1.54, 1.807) is 0 Å². The molecule has 2 aliphatic rings. The van der Waals surface area contributed by atoms with Crippen molar-refractivity contribution < 1.29 is 4.79 Å². The highest BCUT2D eigenvalue weighted by molar-refractivity contribution is 5.90.